The zero-order chi connectivity index (χ0) is 14.2. The summed E-state index contributed by atoms with van der Waals surface area (Å²) < 4.78 is 0. The van der Waals surface area contributed by atoms with Crippen molar-refractivity contribution < 1.29 is 14.4 Å². The summed E-state index contributed by atoms with van der Waals surface area (Å²) in [6, 6.07) is 0.871. The molecule has 0 saturated carbocycles. The number of carbonyl (C=O) groups excluding carboxylic acids is 3. The second-order valence-corrected chi connectivity index (χ2v) is 5.74. The highest BCUT2D eigenvalue weighted by molar-refractivity contribution is 7.08. The van der Waals surface area contributed by atoms with E-state index in [1.807, 2.05) is 16.8 Å². The molecule has 2 rings (SSSR count). The quantitative estimate of drug-likeness (QED) is 0.863. The number of amides is 4. The highest BCUT2D eigenvalue weighted by atomic mass is 32.1. The predicted octanol–water partition coefficient (Wildman–Crippen LogP) is 2.16. The summed E-state index contributed by atoms with van der Waals surface area (Å²) in [5.74, 6) is -1.85. The second-order valence-electron chi connectivity index (χ2n) is 4.96. The number of imide groups is 2. The zero-order valence-electron chi connectivity index (χ0n) is 11.0. The van der Waals surface area contributed by atoms with Gasteiger partial charge in [0.05, 0.1) is 6.04 Å². The number of hydrogen-bond acceptors (Lipinski definition) is 4. The molecule has 0 aliphatic carbocycles. The van der Waals surface area contributed by atoms with E-state index >= 15 is 0 Å². The van der Waals surface area contributed by atoms with Crippen LogP contribution in [0.2, 0.25) is 0 Å². The van der Waals surface area contributed by atoms with Gasteiger partial charge in [-0.3, -0.25) is 19.8 Å². The van der Waals surface area contributed by atoms with Crippen LogP contribution < -0.4 is 5.32 Å². The Morgan fingerprint density at radius 1 is 1.26 bits per heavy atom. The molecule has 6 heteroatoms. The first kappa shape index (κ1) is 13.7. The van der Waals surface area contributed by atoms with Crippen molar-refractivity contribution in [2.45, 2.75) is 26.8 Å². The average molecular weight is 280 g/mol. The highest BCUT2D eigenvalue weighted by Crippen LogP contribution is 2.28. The zero-order valence-corrected chi connectivity index (χ0v) is 11.9. The number of carbonyl (C=O) groups is 3. The lowest BCUT2D eigenvalue weighted by Gasteiger charge is -2.35. The molecule has 19 heavy (non-hydrogen) atoms. The van der Waals surface area contributed by atoms with Crippen molar-refractivity contribution in [3.8, 4) is 0 Å². The van der Waals surface area contributed by atoms with Crippen molar-refractivity contribution in [3.63, 3.8) is 0 Å². The van der Waals surface area contributed by atoms with Gasteiger partial charge in [-0.1, -0.05) is 13.8 Å². The molecular formula is C13H16N2O3S. The van der Waals surface area contributed by atoms with Gasteiger partial charge in [0.25, 0.3) is 0 Å². The third-order valence-corrected chi connectivity index (χ3v) is 4.02. The molecular weight excluding hydrogens is 264 g/mol. The van der Waals surface area contributed by atoms with E-state index in [-0.39, 0.29) is 12.0 Å². The minimum Gasteiger partial charge on any atom is -0.277 e. The largest absolute Gasteiger partial charge is 0.331 e. The Morgan fingerprint density at radius 2 is 1.95 bits per heavy atom. The van der Waals surface area contributed by atoms with Gasteiger partial charge in [0.15, 0.2) is 0 Å². The molecule has 2 unspecified atom stereocenters. The first-order valence-corrected chi connectivity index (χ1v) is 7.07. The minimum absolute atomic E-state index is 0.141. The summed E-state index contributed by atoms with van der Waals surface area (Å²) in [7, 11) is 0. The van der Waals surface area contributed by atoms with Crippen molar-refractivity contribution in [2.75, 3.05) is 0 Å². The Bertz CT molecular complexity index is 510. The van der Waals surface area contributed by atoms with Crippen molar-refractivity contribution in [2.24, 2.45) is 11.8 Å². The van der Waals surface area contributed by atoms with Crippen LogP contribution in [0.4, 0.5) is 4.79 Å². The first-order valence-electron chi connectivity index (χ1n) is 6.13. The van der Waals surface area contributed by atoms with Gasteiger partial charge in [-0.15, -0.1) is 0 Å². The number of hydrogen-bond donors (Lipinski definition) is 1. The summed E-state index contributed by atoms with van der Waals surface area (Å²) in [4.78, 5) is 37.1. The van der Waals surface area contributed by atoms with E-state index in [1.54, 1.807) is 20.8 Å². The molecule has 0 bridgehead atoms. The van der Waals surface area contributed by atoms with Crippen LogP contribution in [0.25, 0.3) is 0 Å². The monoisotopic (exact) mass is 280 g/mol. The molecule has 5 nitrogen and oxygen atoms in total. The topological polar surface area (TPSA) is 66.5 Å². The van der Waals surface area contributed by atoms with Crippen molar-refractivity contribution in [1.82, 2.24) is 10.2 Å². The van der Waals surface area contributed by atoms with Gasteiger partial charge < -0.3 is 0 Å². The third-order valence-electron chi connectivity index (χ3n) is 3.31. The standard InChI is InChI=1S/C13H16N2O3S/c1-7(2)10-11(16)14-13(18)15(12(10)17)8(3)9-4-5-19-6-9/h4-8,10H,1-3H3,(H,14,16,18). The predicted molar refractivity (Wildman–Crippen MR) is 71.4 cm³/mol. The molecule has 1 saturated heterocycles. The molecule has 1 aliphatic rings. The van der Waals surface area contributed by atoms with E-state index in [0.29, 0.717) is 0 Å². The van der Waals surface area contributed by atoms with Gasteiger partial charge >= 0.3 is 6.03 Å². The normalized spacial score (nSPS) is 21.8. The molecule has 2 atom stereocenters. The molecule has 0 spiro atoms. The molecule has 0 radical (unpaired) electrons. The van der Waals surface area contributed by atoms with E-state index in [2.05, 4.69) is 5.32 Å². The second kappa shape index (κ2) is 5.13. The van der Waals surface area contributed by atoms with E-state index in [9.17, 15) is 14.4 Å². The van der Waals surface area contributed by atoms with Crippen molar-refractivity contribution in [3.05, 3.63) is 22.4 Å². The van der Waals surface area contributed by atoms with Gasteiger partial charge in [-0.25, -0.2) is 4.79 Å². The maximum absolute atomic E-state index is 12.4. The maximum atomic E-state index is 12.4. The van der Waals surface area contributed by atoms with E-state index in [0.717, 1.165) is 10.5 Å². The van der Waals surface area contributed by atoms with E-state index in [1.165, 1.54) is 11.3 Å². The van der Waals surface area contributed by atoms with Crippen molar-refractivity contribution >= 4 is 29.2 Å². The van der Waals surface area contributed by atoms with Crippen LogP contribution in [0.5, 0.6) is 0 Å². The van der Waals surface area contributed by atoms with Gasteiger partial charge in [0.2, 0.25) is 11.8 Å². The Balaban J connectivity index is 2.31. The highest BCUT2D eigenvalue weighted by Gasteiger charge is 2.44. The van der Waals surface area contributed by atoms with Gasteiger partial charge in [0, 0.05) is 0 Å². The summed E-state index contributed by atoms with van der Waals surface area (Å²) in [5.41, 5.74) is 0.894. The number of rotatable bonds is 3. The van der Waals surface area contributed by atoms with E-state index < -0.39 is 23.8 Å². The number of urea groups is 1. The molecule has 1 aromatic heterocycles. The summed E-state index contributed by atoms with van der Waals surface area (Å²) in [6.45, 7) is 5.38. The SMILES string of the molecule is CC(C)C1C(=O)NC(=O)N(C(C)c2ccsc2)C1=O. The Labute approximate surface area is 115 Å². The fraction of sp³-hybridized carbons (Fsp3) is 0.462. The van der Waals surface area contributed by atoms with Crippen LogP contribution in [0, 0.1) is 11.8 Å². The lowest BCUT2D eigenvalue weighted by atomic mass is 9.91. The molecule has 4 amide bonds. The van der Waals surface area contributed by atoms with E-state index in [4.69, 9.17) is 0 Å². The number of nitrogens with zero attached hydrogens (tertiary/aromatic N) is 1. The number of thiophene rings is 1. The van der Waals surface area contributed by atoms with Crippen LogP contribution in [0.1, 0.15) is 32.4 Å². The van der Waals surface area contributed by atoms with Crippen LogP contribution in [0.3, 0.4) is 0 Å². The fourth-order valence-corrected chi connectivity index (χ4v) is 2.97. The summed E-state index contributed by atoms with van der Waals surface area (Å²) >= 11 is 1.51. The lowest BCUT2D eigenvalue weighted by Crippen LogP contribution is -2.59. The van der Waals surface area contributed by atoms with Gasteiger partial charge in [-0.2, -0.15) is 11.3 Å². The summed E-state index contributed by atoms with van der Waals surface area (Å²) in [6.07, 6.45) is 0. The van der Waals surface area contributed by atoms with Crippen molar-refractivity contribution in [1.29, 1.82) is 0 Å². The summed E-state index contributed by atoms with van der Waals surface area (Å²) in [5, 5.41) is 6.05. The smallest absolute Gasteiger partial charge is 0.277 e. The average Bonchev–Trinajstić information content (AvgIpc) is 2.80. The molecule has 102 valence electrons. The molecule has 1 fully saturated rings. The lowest BCUT2D eigenvalue weighted by molar-refractivity contribution is -0.145. The molecule has 1 aliphatic heterocycles. The number of barbiturate groups is 1. The molecule has 0 aromatic carbocycles. The molecule has 1 aromatic rings. The van der Waals surface area contributed by atoms with Gasteiger partial charge in [-0.05, 0) is 35.2 Å². The Morgan fingerprint density at radius 3 is 2.47 bits per heavy atom. The van der Waals surface area contributed by atoms with Crippen LogP contribution in [-0.2, 0) is 9.59 Å². The van der Waals surface area contributed by atoms with Crippen LogP contribution in [0.15, 0.2) is 16.8 Å². The number of nitrogens with one attached hydrogen (secondary N) is 1. The molecule has 2 heterocycles. The Kier molecular flexibility index (Phi) is 3.71. The Hall–Kier alpha value is -1.69. The third kappa shape index (κ3) is 2.40. The molecule has 1 N–H and O–H groups in total. The van der Waals surface area contributed by atoms with Gasteiger partial charge in [0.1, 0.15) is 5.92 Å². The first-order chi connectivity index (χ1) is 8.93. The minimum atomic E-state index is -0.793. The maximum Gasteiger partial charge on any atom is 0.331 e. The van der Waals surface area contributed by atoms with Crippen LogP contribution >= 0.6 is 11.3 Å². The van der Waals surface area contributed by atoms with Crippen LogP contribution in [-0.4, -0.2) is 22.7 Å². The fourth-order valence-electron chi connectivity index (χ4n) is 2.22.